The molecule has 0 fully saturated rings. The minimum atomic E-state index is -1.26. The number of hydrogen-bond donors (Lipinski definition) is 3. The van der Waals surface area contributed by atoms with Gasteiger partial charge >= 0.3 is 12.1 Å². The zero-order chi connectivity index (χ0) is 28.3. The second-order valence-electron chi connectivity index (χ2n) is 10.6. The number of amides is 1. The van der Waals surface area contributed by atoms with Crippen LogP contribution in [0.5, 0.6) is 17.2 Å². The number of aryl methyl sites for hydroxylation is 1. The van der Waals surface area contributed by atoms with Gasteiger partial charge in [0, 0.05) is 11.1 Å². The van der Waals surface area contributed by atoms with Crippen molar-refractivity contribution in [2.45, 2.75) is 57.8 Å². The van der Waals surface area contributed by atoms with Crippen LogP contribution >= 0.6 is 11.6 Å². The first-order chi connectivity index (χ1) is 18.4. The van der Waals surface area contributed by atoms with Crippen molar-refractivity contribution >= 4 is 23.7 Å². The highest BCUT2D eigenvalue weighted by Gasteiger charge is 2.33. The first-order valence-corrected chi connectivity index (χ1v) is 13.1. The first-order valence-electron chi connectivity index (χ1n) is 12.7. The summed E-state index contributed by atoms with van der Waals surface area (Å²) >= 11 is 6.12. The van der Waals surface area contributed by atoms with Crippen LogP contribution in [-0.4, -0.2) is 50.5 Å². The fourth-order valence-electron chi connectivity index (χ4n) is 4.63. The molecule has 1 aliphatic carbocycles. The topological polar surface area (TPSA) is 117 Å². The van der Waals surface area contributed by atoms with Gasteiger partial charge in [-0.3, -0.25) is 0 Å². The number of nitrogens with zero attached hydrogens (tertiary/aromatic N) is 1. The molecule has 1 aliphatic rings. The lowest BCUT2D eigenvalue weighted by atomic mass is 9.87. The molecule has 0 spiro atoms. The zero-order valence-corrected chi connectivity index (χ0v) is 22.8. The lowest BCUT2D eigenvalue weighted by Gasteiger charge is -2.37. The highest BCUT2D eigenvalue weighted by molar-refractivity contribution is 6.30. The molecule has 9 heteroatoms. The molecule has 3 aromatic rings. The number of carboxylic acids is 1. The lowest BCUT2D eigenvalue weighted by molar-refractivity contribution is 0.00194. The van der Waals surface area contributed by atoms with Crippen molar-refractivity contribution in [1.29, 1.82) is 0 Å². The highest BCUT2D eigenvalue weighted by atomic mass is 35.5. The van der Waals surface area contributed by atoms with Crippen LogP contribution in [0, 0.1) is 0 Å². The molecule has 1 amide bonds. The Hall–Kier alpha value is -3.75. The molecule has 0 unspecified atom stereocenters. The van der Waals surface area contributed by atoms with Crippen molar-refractivity contribution in [3.05, 3.63) is 87.9 Å². The summed E-state index contributed by atoms with van der Waals surface area (Å²) in [4.78, 5) is 26.3. The molecule has 0 aliphatic heterocycles. The molecule has 2 atom stereocenters. The third-order valence-corrected chi connectivity index (χ3v) is 6.72. The van der Waals surface area contributed by atoms with Gasteiger partial charge in [0.1, 0.15) is 28.4 Å². The van der Waals surface area contributed by atoms with Crippen LogP contribution in [0.25, 0.3) is 0 Å². The van der Waals surface area contributed by atoms with E-state index >= 15 is 0 Å². The van der Waals surface area contributed by atoms with E-state index in [2.05, 4.69) is 0 Å². The van der Waals surface area contributed by atoms with E-state index in [-0.39, 0.29) is 29.6 Å². The number of carbonyl (C=O) groups excluding carboxylic acids is 1. The smallest absolute Gasteiger partial charge is 0.410 e. The number of aromatic carboxylic acids is 1. The summed E-state index contributed by atoms with van der Waals surface area (Å²) in [6.07, 6.45) is 0.466. The predicted octanol–water partition coefficient (Wildman–Crippen LogP) is 6.36. The van der Waals surface area contributed by atoms with Crippen LogP contribution in [0.2, 0.25) is 5.02 Å². The Morgan fingerprint density at radius 1 is 1.05 bits per heavy atom. The van der Waals surface area contributed by atoms with Crippen molar-refractivity contribution in [3.8, 4) is 17.2 Å². The molecule has 0 saturated heterocycles. The van der Waals surface area contributed by atoms with Gasteiger partial charge in [0.2, 0.25) is 0 Å². The van der Waals surface area contributed by atoms with Gasteiger partial charge in [-0.1, -0.05) is 29.8 Å². The molecule has 0 heterocycles. The number of benzene rings is 3. The van der Waals surface area contributed by atoms with Crippen molar-refractivity contribution in [3.63, 3.8) is 0 Å². The molecule has 0 radical (unpaired) electrons. The Morgan fingerprint density at radius 2 is 1.77 bits per heavy atom. The van der Waals surface area contributed by atoms with Gasteiger partial charge in [-0.25, -0.2) is 9.59 Å². The maximum atomic E-state index is 13.3. The predicted molar refractivity (Wildman–Crippen MR) is 147 cm³/mol. The Kier molecular flexibility index (Phi) is 8.37. The number of aliphatic hydroxyl groups is 1. The summed E-state index contributed by atoms with van der Waals surface area (Å²) in [5.41, 5.74) is 1.75. The lowest BCUT2D eigenvalue weighted by Crippen LogP contribution is -2.47. The van der Waals surface area contributed by atoms with E-state index in [9.17, 15) is 24.9 Å². The quantitative estimate of drug-likeness (QED) is 0.311. The van der Waals surface area contributed by atoms with E-state index in [0.717, 1.165) is 17.5 Å². The third kappa shape index (κ3) is 7.22. The number of ether oxygens (including phenoxy) is 2. The van der Waals surface area contributed by atoms with Gasteiger partial charge in [0.15, 0.2) is 0 Å². The zero-order valence-electron chi connectivity index (χ0n) is 22.1. The van der Waals surface area contributed by atoms with Crippen LogP contribution in [-0.2, 0) is 17.6 Å². The third-order valence-electron chi connectivity index (χ3n) is 6.49. The normalized spacial score (nSPS) is 15.7. The summed E-state index contributed by atoms with van der Waals surface area (Å²) in [7, 11) is 0. The maximum Gasteiger partial charge on any atom is 0.410 e. The molecular weight excluding hydrogens is 522 g/mol. The largest absolute Gasteiger partial charge is 0.507 e. The van der Waals surface area contributed by atoms with Crippen LogP contribution in [0.1, 0.15) is 60.3 Å². The number of aliphatic hydroxyl groups excluding tert-OH is 1. The van der Waals surface area contributed by atoms with Crippen molar-refractivity contribution in [1.82, 2.24) is 4.90 Å². The van der Waals surface area contributed by atoms with Gasteiger partial charge in [0.05, 0.1) is 12.6 Å². The van der Waals surface area contributed by atoms with Crippen molar-refractivity contribution in [2.24, 2.45) is 0 Å². The fourth-order valence-corrected chi connectivity index (χ4v) is 4.83. The minimum absolute atomic E-state index is 0.0386. The molecule has 206 valence electrons. The van der Waals surface area contributed by atoms with Crippen molar-refractivity contribution in [2.75, 3.05) is 6.54 Å². The van der Waals surface area contributed by atoms with Gasteiger partial charge in [0.25, 0.3) is 0 Å². The molecule has 39 heavy (non-hydrogen) atoms. The summed E-state index contributed by atoms with van der Waals surface area (Å²) in [6, 6.07) is 16.4. The number of carbonyl (C=O) groups is 2. The number of aromatic hydroxyl groups is 1. The molecule has 3 N–H and O–H groups in total. The molecule has 3 aromatic carbocycles. The molecule has 4 rings (SSSR count). The Labute approximate surface area is 232 Å². The average Bonchev–Trinajstić information content (AvgIpc) is 2.86. The Morgan fingerprint density at radius 3 is 2.46 bits per heavy atom. The number of phenols is 1. The second kappa shape index (κ2) is 11.6. The number of halogens is 1. The summed E-state index contributed by atoms with van der Waals surface area (Å²) in [5.74, 6) is -0.824. The molecular formula is C30H32ClNO7. The van der Waals surface area contributed by atoms with Crippen LogP contribution < -0.4 is 4.74 Å². The average molecular weight is 554 g/mol. The van der Waals surface area contributed by atoms with Crippen LogP contribution in [0.15, 0.2) is 60.7 Å². The van der Waals surface area contributed by atoms with Gasteiger partial charge in [-0.2, -0.15) is 0 Å². The maximum absolute atomic E-state index is 13.3. The number of hydrogen-bond acceptors (Lipinski definition) is 6. The fraction of sp³-hybridized carbons (Fsp3) is 0.333. The monoisotopic (exact) mass is 553 g/mol. The molecule has 8 nitrogen and oxygen atoms in total. The van der Waals surface area contributed by atoms with E-state index in [1.165, 1.54) is 18.2 Å². The van der Waals surface area contributed by atoms with Crippen LogP contribution in [0.4, 0.5) is 4.79 Å². The Balaban J connectivity index is 1.56. The van der Waals surface area contributed by atoms with Gasteiger partial charge in [-0.15, -0.1) is 0 Å². The van der Waals surface area contributed by atoms with E-state index in [4.69, 9.17) is 21.1 Å². The van der Waals surface area contributed by atoms with Gasteiger partial charge in [-0.05, 0) is 99.2 Å². The highest BCUT2D eigenvalue weighted by Crippen LogP contribution is 2.33. The number of carboxylic acid groups (broad SMARTS) is 1. The van der Waals surface area contributed by atoms with Crippen LogP contribution in [0.3, 0.4) is 0 Å². The van der Waals surface area contributed by atoms with E-state index < -0.39 is 23.8 Å². The first kappa shape index (κ1) is 28.3. The van der Waals surface area contributed by atoms with E-state index in [1.54, 1.807) is 56.0 Å². The van der Waals surface area contributed by atoms with E-state index in [0.29, 0.717) is 29.2 Å². The second-order valence-corrected chi connectivity index (χ2v) is 11.1. The number of fused-ring (bicyclic) bond motifs is 1. The molecule has 0 saturated carbocycles. The summed E-state index contributed by atoms with van der Waals surface area (Å²) in [6.45, 7) is 5.44. The van der Waals surface area contributed by atoms with Gasteiger partial charge < -0.3 is 29.7 Å². The number of rotatable bonds is 7. The SMILES string of the molecule is CC(C)(C)OC(=O)N(C[C@H](O)c1cccc(Cl)c1)[C@H]1CCc2ccc(Oc3ccc(O)c(C(=O)O)c3)cc2C1. The standard InChI is InChI=1S/C30H32ClNO7/c1-30(2,3)39-29(37)32(17-27(34)19-5-4-6-21(31)13-19)22-9-7-18-8-10-23(15-20(18)14-22)38-24-11-12-26(33)25(16-24)28(35)36/h4-6,8,10-13,15-16,22,27,33-34H,7,9,14,17H2,1-3H3,(H,35,36)/t22-,27-/m0/s1. The summed E-state index contributed by atoms with van der Waals surface area (Å²) < 4.78 is 11.6. The van der Waals surface area contributed by atoms with Crippen molar-refractivity contribution < 1.29 is 34.4 Å². The Bertz CT molecular complexity index is 1370. The molecule has 0 aromatic heterocycles. The summed E-state index contributed by atoms with van der Waals surface area (Å²) in [5, 5.41) is 30.5. The minimum Gasteiger partial charge on any atom is -0.507 e. The van der Waals surface area contributed by atoms with E-state index in [1.807, 2.05) is 12.1 Å². The molecule has 0 bridgehead atoms.